The maximum Gasteiger partial charge on any atom is 0.405 e. The number of aliphatic hydroxyl groups is 1. The van der Waals surface area contributed by atoms with E-state index < -0.39 is 29.7 Å². The highest BCUT2D eigenvalue weighted by molar-refractivity contribution is 5.87. The summed E-state index contributed by atoms with van der Waals surface area (Å²) in [6.45, 7) is 4.89. The van der Waals surface area contributed by atoms with Gasteiger partial charge in [0, 0.05) is 54.3 Å². The summed E-state index contributed by atoms with van der Waals surface area (Å²) in [5.74, 6) is 0.795. The molecule has 44 heavy (non-hydrogen) atoms. The molecule has 0 unspecified atom stereocenters. The molecule has 4 aromatic heterocycles. The predicted molar refractivity (Wildman–Crippen MR) is 161 cm³/mol. The van der Waals surface area contributed by atoms with E-state index >= 15 is 0 Å². The van der Waals surface area contributed by atoms with Crippen molar-refractivity contribution in [1.82, 2.24) is 30.2 Å². The molecule has 4 N–H and O–H groups in total. The van der Waals surface area contributed by atoms with Gasteiger partial charge in [0.15, 0.2) is 0 Å². The second-order valence-electron chi connectivity index (χ2n) is 10.8. The van der Waals surface area contributed by atoms with Crippen molar-refractivity contribution in [2.24, 2.45) is 0 Å². The molecule has 0 bridgehead atoms. The average molecular weight is 599 g/mol. The number of carboxylic acid groups (broad SMARTS) is 1. The maximum absolute atomic E-state index is 13.2. The van der Waals surface area contributed by atoms with Crippen LogP contribution in [0.15, 0.2) is 61.2 Å². The molecule has 1 saturated heterocycles. The number of aliphatic hydroxyl groups excluding tert-OH is 1. The normalized spacial score (nSPS) is 15.6. The fraction of sp³-hybridized carbons (Fsp3) is 0.355. The molecule has 5 heterocycles. The first-order valence-electron chi connectivity index (χ1n) is 14.4. The van der Waals surface area contributed by atoms with Crippen molar-refractivity contribution >= 4 is 23.3 Å². The number of hydrogen-bond donors (Lipinski definition) is 4. The fourth-order valence-electron chi connectivity index (χ4n) is 5.61. The molecule has 228 valence electrons. The molecule has 1 aliphatic rings. The van der Waals surface area contributed by atoms with Crippen LogP contribution < -0.4 is 20.3 Å². The lowest BCUT2D eigenvalue weighted by Gasteiger charge is -2.43. The highest BCUT2D eigenvalue weighted by Gasteiger charge is 2.39. The molecule has 2 amide bonds. The van der Waals surface area contributed by atoms with E-state index in [-0.39, 0.29) is 0 Å². The molecule has 0 aromatic carbocycles. The Labute approximate surface area is 254 Å². The van der Waals surface area contributed by atoms with E-state index in [1.165, 1.54) is 13.1 Å². The molecule has 0 radical (unpaired) electrons. The second kappa shape index (κ2) is 13.0. The lowest BCUT2D eigenvalue weighted by molar-refractivity contribution is -0.127. The van der Waals surface area contributed by atoms with Gasteiger partial charge in [-0.05, 0) is 57.0 Å². The molecule has 1 fully saturated rings. The number of pyridine rings is 3. The number of rotatable bonds is 10. The third kappa shape index (κ3) is 6.55. The number of anilines is 1. The smallest absolute Gasteiger partial charge is 0.405 e. The third-order valence-corrected chi connectivity index (χ3v) is 7.80. The number of nitrogens with one attached hydrogen (secondary N) is 2. The Bertz CT molecular complexity index is 1660. The van der Waals surface area contributed by atoms with Gasteiger partial charge in [0.25, 0.3) is 0 Å². The van der Waals surface area contributed by atoms with Crippen LogP contribution in [-0.2, 0) is 11.2 Å². The molecule has 0 spiro atoms. The topological polar surface area (TPSA) is 178 Å². The summed E-state index contributed by atoms with van der Waals surface area (Å²) in [5.41, 5.74) is 2.79. The Balaban J connectivity index is 1.37. The Morgan fingerprint density at radius 3 is 2.59 bits per heavy atom. The second-order valence-corrected chi connectivity index (χ2v) is 10.8. The van der Waals surface area contributed by atoms with E-state index in [0.717, 1.165) is 22.6 Å². The Morgan fingerprint density at radius 1 is 1.18 bits per heavy atom. The number of nitrogens with zero attached hydrogens (tertiary/aromatic N) is 6. The van der Waals surface area contributed by atoms with Gasteiger partial charge in [-0.25, -0.2) is 14.3 Å². The van der Waals surface area contributed by atoms with Gasteiger partial charge in [-0.1, -0.05) is 6.07 Å². The molecular weight excluding hydrogens is 564 g/mol. The summed E-state index contributed by atoms with van der Waals surface area (Å²) in [7, 11) is 0. The van der Waals surface area contributed by atoms with E-state index in [4.69, 9.17) is 9.72 Å². The zero-order chi connectivity index (χ0) is 31.3. The van der Waals surface area contributed by atoms with Gasteiger partial charge in [0.2, 0.25) is 5.91 Å². The van der Waals surface area contributed by atoms with Crippen molar-refractivity contribution in [3.8, 4) is 22.9 Å². The molecule has 13 nitrogen and oxygen atoms in total. The number of carbonyl (C=O) groups excluding carboxylic acids is 1. The summed E-state index contributed by atoms with van der Waals surface area (Å²) in [6.07, 6.45) is 5.64. The van der Waals surface area contributed by atoms with Gasteiger partial charge in [-0.3, -0.25) is 9.78 Å². The number of piperidine rings is 1. The Morgan fingerprint density at radius 2 is 1.98 bits per heavy atom. The summed E-state index contributed by atoms with van der Waals surface area (Å²) in [4.78, 5) is 35.8. The van der Waals surface area contributed by atoms with Crippen LogP contribution in [-0.4, -0.2) is 79.2 Å². The van der Waals surface area contributed by atoms with Crippen LogP contribution in [0.2, 0.25) is 0 Å². The van der Waals surface area contributed by atoms with E-state index in [1.54, 1.807) is 23.1 Å². The van der Waals surface area contributed by atoms with Crippen molar-refractivity contribution < 1.29 is 24.5 Å². The first-order chi connectivity index (χ1) is 21.2. The quantitative estimate of drug-likeness (QED) is 0.212. The molecular formula is C31H34N8O5. The highest BCUT2D eigenvalue weighted by atomic mass is 16.5. The Kier molecular flexibility index (Phi) is 8.91. The third-order valence-electron chi connectivity index (χ3n) is 7.80. The predicted octanol–water partition coefficient (Wildman–Crippen LogP) is 2.78. The maximum atomic E-state index is 13.2. The summed E-state index contributed by atoms with van der Waals surface area (Å²) in [5, 5.41) is 38.4. The molecule has 13 heteroatoms. The van der Waals surface area contributed by atoms with Crippen molar-refractivity contribution in [3.63, 3.8) is 0 Å². The van der Waals surface area contributed by atoms with E-state index in [2.05, 4.69) is 31.7 Å². The van der Waals surface area contributed by atoms with E-state index in [0.29, 0.717) is 55.8 Å². The zero-order valence-corrected chi connectivity index (χ0v) is 24.5. The lowest BCUT2D eigenvalue weighted by Crippen LogP contribution is -2.62. The summed E-state index contributed by atoms with van der Waals surface area (Å²) < 4.78 is 7.36. The minimum atomic E-state index is -1.39. The van der Waals surface area contributed by atoms with Crippen molar-refractivity contribution in [2.45, 2.75) is 50.8 Å². The van der Waals surface area contributed by atoms with Crippen molar-refractivity contribution in [3.05, 3.63) is 72.4 Å². The van der Waals surface area contributed by atoms with E-state index in [1.807, 2.05) is 43.3 Å². The molecule has 2 atom stereocenters. The first kappa shape index (κ1) is 30.2. The van der Waals surface area contributed by atoms with Crippen LogP contribution in [0.4, 0.5) is 10.6 Å². The highest BCUT2D eigenvalue weighted by Crippen LogP contribution is 2.33. The number of carbonyl (C=O) groups is 2. The van der Waals surface area contributed by atoms with Crippen LogP contribution in [0.25, 0.3) is 16.6 Å². The summed E-state index contributed by atoms with van der Waals surface area (Å²) in [6, 6.07) is 12.2. The van der Waals surface area contributed by atoms with Gasteiger partial charge >= 0.3 is 6.09 Å². The molecule has 5 rings (SSSR count). The number of amides is 2. The fourth-order valence-corrected chi connectivity index (χ4v) is 5.61. The molecule has 0 aliphatic carbocycles. The first-order valence-corrected chi connectivity index (χ1v) is 14.4. The average Bonchev–Trinajstić information content (AvgIpc) is 3.43. The molecule has 1 aliphatic heterocycles. The summed E-state index contributed by atoms with van der Waals surface area (Å²) >= 11 is 0. The van der Waals surface area contributed by atoms with E-state index in [9.17, 15) is 25.1 Å². The van der Waals surface area contributed by atoms with Gasteiger partial charge in [0.05, 0.1) is 36.2 Å². The minimum Gasteiger partial charge on any atom is -0.492 e. The number of ether oxygens (including phenoxy) is 1. The number of nitriles is 1. The largest absolute Gasteiger partial charge is 0.492 e. The lowest BCUT2D eigenvalue weighted by atomic mass is 9.82. The molecule has 4 aromatic rings. The number of aromatic nitrogens is 4. The SMILES string of the molecule is CCOc1cc(-c2ccc(N3CCC(Cc4ccccn4)(NC(=O)[C@@H](NC(=O)O)[C@@H](C)O)CC3)nc2)c2c(C#N)cnn2c1. The molecule has 0 saturated carbocycles. The Hall–Kier alpha value is -5.22. The minimum absolute atomic E-state index is 0.443. The van der Waals surface area contributed by atoms with Crippen LogP contribution in [0.1, 0.15) is 37.9 Å². The van der Waals surface area contributed by atoms with Crippen LogP contribution in [0.5, 0.6) is 5.75 Å². The monoisotopic (exact) mass is 598 g/mol. The number of hydrogen-bond acceptors (Lipinski definition) is 9. The number of fused-ring (bicyclic) bond motifs is 1. The van der Waals surface area contributed by atoms with Crippen LogP contribution in [0.3, 0.4) is 0 Å². The standard InChI is InChI=1S/C31H34N8O5/c1-3-44-24-14-25(28-22(16-32)18-35-39(28)19-24)21-7-8-26(34-17-21)38-12-9-31(10-13-38,15-23-6-4-5-11-33-23)37-29(41)27(20(2)40)36-30(42)43/h4-8,11,14,17-20,27,36,40H,3,9-10,12-13,15H2,1-2H3,(H,37,41)(H,42,43)/t20-,27+/m1/s1. The van der Waals surface area contributed by atoms with Gasteiger partial charge < -0.3 is 30.5 Å². The van der Waals surface area contributed by atoms with Gasteiger partial charge in [-0.2, -0.15) is 10.4 Å². The van der Waals surface area contributed by atoms with Crippen molar-refractivity contribution in [2.75, 3.05) is 24.6 Å². The zero-order valence-electron chi connectivity index (χ0n) is 24.5. The van der Waals surface area contributed by atoms with Crippen molar-refractivity contribution in [1.29, 1.82) is 5.26 Å². The van der Waals surface area contributed by atoms with Gasteiger partial charge in [-0.15, -0.1) is 0 Å². The van der Waals surface area contributed by atoms with Crippen LogP contribution in [0, 0.1) is 11.3 Å². The van der Waals surface area contributed by atoms with Crippen LogP contribution >= 0.6 is 0 Å². The van der Waals surface area contributed by atoms with Gasteiger partial charge in [0.1, 0.15) is 23.7 Å².